The first kappa shape index (κ1) is 22.6. The van der Waals surface area contributed by atoms with Gasteiger partial charge >= 0.3 is 0 Å². The molecule has 1 heterocycles. The zero-order valence-electron chi connectivity index (χ0n) is 18.9. The number of methoxy groups -OCH3 is 1. The topological polar surface area (TPSA) is 71.0 Å². The Morgan fingerprint density at radius 2 is 1.84 bits per heavy atom. The van der Waals surface area contributed by atoms with Gasteiger partial charge in [0.15, 0.2) is 0 Å². The Morgan fingerprint density at radius 1 is 1.12 bits per heavy atom. The highest BCUT2D eigenvalue weighted by Crippen LogP contribution is 2.59. The van der Waals surface area contributed by atoms with Gasteiger partial charge in [0.25, 0.3) is 0 Å². The molecule has 6 nitrogen and oxygen atoms in total. The largest absolute Gasteiger partial charge is 0.497 e. The summed E-state index contributed by atoms with van der Waals surface area (Å²) in [5.74, 6) is 2.05. The van der Waals surface area contributed by atoms with E-state index in [0.717, 1.165) is 56.8 Å². The number of aliphatic hydroxyl groups is 1. The molecule has 1 amide bonds. The number of amides is 1. The van der Waals surface area contributed by atoms with Crippen LogP contribution in [0.15, 0.2) is 48.5 Å². The van der Waals surface area contributed by atoms with Crippen molar-refractivity contribution in [1.29, 1.82) is 0 Å². The molecule has 172 valence electrons. The molecule has 1 aliphatic heterocycles. The predicted octanol–water partition coefficient (Wildman–Crippen LogP) is 3.03. The minimum Gasteiger partial charge on any atom is -0.497 e. The molecule has 0 aromatic heterocycles. The molecule has 2 N–H and O–H groups in total. The number of aliphatic hydroxyl groups excluding tert-OH is 1. The molecule has 1 spiro atoms. The van der Waals surface area contributed by atoms with Crippen molar-refractivity contribution >= 4 is 5.91 Å². The predicted molar refractivity (Wildman–Crippen MR) is 124 cm³/mol. The molecule has 2 aromatic rings. The third-order valence-corrected chi connectivity index (χ3v) is 6.87. The second-order valence-corrected chi connectivity index (χ2v) is 9.01. The van der Waals surface area contributed by atoms with Gasteiger partial charge in [-0.3, -0.25) is 9.69 Å². The molecule has 6 heteroatoms. The lowest BCUT2D eigenvalue weighted by Gasteiger charge is -2.33. The number of benzene rings is 2. The number of carbonyl (C=O) groups excluding carboxylic acids is 1. The number of ether oxygens (including phenoxy) is 2. The minimum absolute atomic E-state index is 0.0220. The Labute approximate surface area is 190 Å². The summed E-state index contributed by atoms with van der Waals surface area (Å²) in [5, 5.41) is 12.1. The normalized spacial score (nSPS) is 19.5. The quantitative estimate of drug-likeness (QED) is 0.597. The van der Waals surface area contributed by atoms with Crippen molar-refractivity contribution in [2.45, 2.75) is 32.2 Å². The van der Waals surface area contributed by atoms with Crippen LogP contribution in [-0.4, -0.2) is 55.9 Å². The van der Waals surface area contributed by atoms with Gasteiger partial charge in [-0.05, 0) is 79.6 Å². The summed E-state index contributed by atoms with van der Waals surface area (Å²) in [5.41, 5.74) is 2.61. The minimum atomic E-state index is 0.0220. The van der Waals surface area contributed by atoms with Crippen LogP contribution in [0.5, 0.6) is 11.5 Å². The third kappa shape index (κ3) is 5.61. The van der Waals surface area contributed by atoms with Crippen molar-refractivity contribution in [3.63, 3.8) is 0 Å². The molecule has 1 atom stereocenters. The molecule has 1 unspecified atom stereocenters. The standard InChI is InChI=1S/C26H34N2O4/c1-31-22-6-2-4-20(16-22)8-11-27-25(30)24-18-26(24)9-12-28(13-10-26)19-21-5-3-7-23(17-21)32-15-14-29/h2-7,16-17,24,29H,8-15,18-19H2,1H3,(H,27,30). The first-order chi connectivity index (χ1) is 15.6. The number of hydrogen-bond donors (Lipinski definition) is 2. The van der Waals surface area contributed by atoms with Crippen molar-refractivity contribution in [2.75, 3.05) is 40.0 Å². The molecular formula is C26H34N2O4. The fourth-order valence-corrected chi connectivity index (χ4v) is 4.86. The van der Waals surface area contributed by atoms with E-state index < -0.39 is 0 Å². The van der Waals surface area contributed by atoms with Gasteiger partial charge in [-0.15, -0.1) is 0 Å². The summed E-state index contributed by atoms with van der Waals surface area (Å²) in [6, 6.07) is 16.1. The van der Waals surface area contributed by atoms with Gasteiger partial charge in [0.05, 0.1) is 13.7 Å². The number of rotatable bonds is 10. The van der Waals surface area contributed by atoms with Crippen LogP contribution in [0, 0.1) is 11.3 Å². The van der Waals surface area contributed by atoms with E-state index in [-0.39, 0.29) is 23.8 Å². The number of carbonyl (C=O) groups is 1. The highest BCUT2D eigenvalue weighted by atomic mass is 16.5. The number of piperidine rings is 1. The van der Waals surface area contributed by atoms with Crippen LogP contribution >= 0.6 is 0 Å². The molecule has 1 saturated carbocycles. The molecule has 1 saturated heterocycles. The van der Waals surface area contributed by atoms with E-state index in [1.54, 1.807) is 7.11 Å². The van der Waals surface area contributed by atoms with Crippen LogP contribution in [-0.2, 0) is 17.8 Å². The van der Waals surface area contributed by atoms with Gasteiger partial charge in [0.1, 0.15) is 18.1 Å². The molecule has 2 aromatic carbocycles. The van der Waals surface area contributed by atoms with Gasteiger partial charge in [-0.1, -0.05) is 24.3 Å². The summed E-state index contributed by atoms with van der Waals surface area (Å²) in [6.07, 6.45) is 4.01. The van der Waals surface area contributed by atoms with E-state index in [0.29, 0.717) is 13.2 Å². The molecule has 32 heavy (non-hydrogen) atoms. The zero-order valence-corrected chi connectivity index (χ0v) is 18.9. The SMILES string of the molecule is COc1cccc(CCNC(=O)C2CC23CCN(Cc2cccc(OCCO)c2)CC3)c1. The molecular weight excluding hydrogens is 404 g/mol. The number of likely N-dealkylation sites (tertiary alicyclic amines) is 1. The summed E-state index contributed by atoms with van der Waals surface area (Å²) in [7, 11) is 1.67. The van der Waals surface area contributed by atoms with Crippen LogP contribution in [0.4, 0.5) is 0 Å². The maximum atomic E-state index is 12.7. The first-order valence-electron chi connectivity index (χ1n) is 11.6. The van der Waals surface area contributed by atoms with Gasteiger partial charge in [0.2, 0.25) is 5.91 Å². The lowest BCUT2D eigenvalue weighted by Crippen LogP contribution is -2.37. The average molecular weight is 439 g/mol. The van der Waals surface area contributed by atoms with Crippen LogP contribution in [0.1, 0.15) is 30.4 Å². The van der Waals surface area contributed by atoms with Crippen LogP contribution in [0.2, 0.25) is 0 Å². The van der Waals surface area contributed by atoms with Gasteiger partial charge < -0.3 is 19.9 Å². The van der Waals surface area contributed by atoms with E-state index in [9.17, 15) is 4.79 Å². The van der Waals surface area contributed by atoms with Gasteiger partial charge in [0, 0.05) is 19.0 Å². The molecule has 1 aliphatic carbocycles. The molecule has 0 radical (unpaired) electrons. The second-order valence-electron chi connectivity index (χ2n) is 9.01. The maximum Gasteiger partial charge on any atom is 0.223 e. The van der Waals surface area contributed by atoms with Crippen molar-refractivity contribution in [3.8, 4) is 11.5 Å². The Balaban J connectivity index is 1.19. The van der Waals surface area contributed by atoms with E-state index in [4.69, 9.17) is 14.6 Å². The summed E-state index contributed by atoms with van der Waals surface area (Å²) in [4.78, 5) is 15.2. The Kier molecular flexibility index (Phi) is 7.33. The first-order valence-corrected chi connectivity index (χ1v) is 11.6. The number of hydrogen-bond acceptors (Lipinski definition) is 5. The highest BCUT2D eigenvalue weighted by molar-refractivity contribution is 5.82. The fourth-order valence-electron chi connectivity index (χ4n) is 4.86. The Morgan fingerprint density at radius 3 is 2.59 bits per heavy atom. The van der Waals surface area contributed by atoms with Crippen molar-refractivity contribution < 1.29 is 19.4 Å². The fraction of sp³-hybridized carbons (Fsp3) is 0.500. The lowest BCUT2D eigenvalue weighted by atomic mass is 9.90. The van der Waals surface area contributed by atoms with Crippen molar-refractivity contribution in [1.82, 2.24) is 10.2 Å². The second kappa shape index (κ2) is 10.4. The molecule has 2 fully saturated rings. The average Bonchev–Trinajstić information content (AvgIpc) is 3.53. The lowest BCUT2D eigenvalue weighted by molar-refractivity contribution is -0.123. The Hall–Kier alpha value is -2.57. The van der Waals surface area contributed by atoms with Crippen LogP contribution < -0.4 is 14.8 Å². The van der Waals surface area contributed by atoms with E-state index in [1.165, 1.54) is 11.1 Å². The van der Waals surface area contributed by atoms with Crippen molar-refractivity contribution in [3.05, 3.63) is 59.7 Å². The Bertz CT molecular complexity index is 908. The van der Waals surface area contributed by atoms with E-state index >= 15 is 0 Å². The smallest absolute Gasteiger partial charge is 0.223 e. The number of nitrogens with one attached hydrogen (secondary N) is 1. The number of nitrogens with zero attached hydrogens (tertiary/aromatic N) is 1. The third-order valence-electron chi connectivity index (χ3n) is 6.87. The van der Waals surface area contributed by atoms with E-state index in [2.05, 4.69) is 28.4 Å². The summed E-state index contributed by atoms with van der Waals surface area (Å²) < 4.78 is 10.8. The van der Waals surface area contributed by atoms with Gasteiger partial charge in [-0.2, -0.15) is 0 Å². The monoisotopic (exact) mass is 438 g/mol. The van der Waals surface area contributed by atoms with Crippen LogP contribution in [0.3, 0.4) is 0 Å². The van der Waals surface area contributed by atoms with Crippen molar-refractivity contribution in [2.24, 2.45) is 11.3 Å². The highest BCUT2D eigenvalue weighted by Gasteiger charge is 2.58. The summed E-state index contributed by atoms with van der Waals surface area (Å²) in [6.45, 7) is 3.95. The maximum absolute atomic E-state index is 12.7. The molecule has 0 bridgehead atoms. The zero-order chi connectivity index (χ0) is 22.4. The summed E-state index contributed by atoms with van der Waals surface area (Å²) >= 11 is 0. The molecule has 4 rings (SSSR count). The molecule has 2 aliphatic rings. The van der Waals surface area contributed by atoms with E-state index in [1.807, 2.05) is 30.3 Å². The van der Waals surface area contributed by atoms with Gasteiger partial charge in [-0.25, -0.2) is 0 Å². The van der Waals surface area contributed by atoms with Crippen LogP contribution in [0.25, 0.3) is 0 Å².